The van der Waals surface area contributed by atoms with Crippen LogP contribution in [0.2, 0.25) is 0 Å². The van der Waals surface area contributed by atoms with Crippen LogP contribution in [0.3, 0.4) is 0 Å². The number of thioether (sulfide) groups is 1. The van der Waals surface area contributed by atoms with Crippen LogP contribution in [0.5, 0.6) is 0 Å². The third-order valence-electron chi connectivity index (χ3n) is 4.97. The van der Waals surface area contributed by atoms with Gasteiger partial charge in [0.05, 0.1) is 4.70 Å². The number of carbonyl (C=O) groups excluding carboxylic acids is 1. The van der Waals surface area contributed by atoms with Crippen molar-refractivity contribution in [3.63, 3.8) is 0 Å². The first kappa shape index (κ1) is 22.7. The maximum absolute atomic E-state index is 14.1. The third-order valence-corrected chi connectivity index (χ3v) is 7.11. The molecule has 0 fully saturated rings. The van der Waals surface area contributed by atoms with Gasteiger partial charge in [0.1, 0.15) is 11.3 Å². The van der Waals surface area contributed by atoms with Crippen molar-refractivity contribution in [1.82, 2.24) is 9.88 Å². The Kier molecular flexibility index (Phi) is 8.66. The molecule has 3 rings (SSSR count). The Balaban J connectivity index is 1.67. The number of benzene rings is 2. The SMILES string of the molecule is CCN(CC)CCN(C(=O)CCCSc1ccccc1)c1nc2c(F)cccc2s1. The molecule has 0 unspecified atom stereocenters. The summed E-state index contributed by atoms with van der Waals surface area (Å²) in [6.45, 7) is 7.43. The minimum absolute atomic E-state index is 0.0512. The Bertz CT molecular complexity index is 944. The van der Waals surface area contributed by atoms with Crippen molar-refractivity contribution in [2.45, 2.75) is 31.6 Å². The predicted molar refractivity (Wildman–Crippen MR) is 126 cm³/mol. The van der Waals surface area contributed by atoms with E-state index in [1.165, 1.54) is 22.3 Å². The minimum Gasteiger partial charge on any atom is -0.302 e. The fraction of sp³-hybridized carbons (Fsp3) is 0.391. The van der Waals surface area contributed by atoms with E-state index in [4.69, 9.17) is 0 Å². The highest BCUT2D eigenvalue weighted by Gasteiger charge is 2.21. The van der Waals surface area contributed by atoms with E-state index in [1.807, 2.05) is 24.3 Å². The summed E-state index contributed by atoms with van der Waals surface area (Å²) in [7, 11) is 0. The topological polar surface area (TPSA) is 36.4 Å². The smallest absolute Gasteiger partial charge is 0.228 e. The molecule has 2 aromatic carbocycles. The van der Waals surface area contributed by atoms with Gasteiger partial charge in [-0.3, -0.25) is 9.69 Å². The van der Waals surface area contributed by atoms with Gasteiger partial charge in [-0.15, -0.1) is 11.8 Å². The summed E-state index contributed by atoms with van der Waals surface area (Å²) >= 11 is 3.14. The standard InChI is InChI=1S/C23H28FN3OS2/c1-3-26(4-2)15-16-27(23-25-22-19(24)12-8-13-20(22)30-23)21(28)14-9-17-29-18-10-6-5-7-11-18/h5-8,10-13H,3-4,9,14-17H2,1-2H3. The summed E-state index contributed by atoms with van der Waals surface area (Å²) in [6, 6.07) is 15.2. The number of rotatable bonds is 11. The summed E-state index contributed by atoms with van der Waals surface area (Å²) < 4.78 is 14.9. The van der Waals surface area contributed by atoms with Gasteiger partial charge in [-0.05, 0) is 49.5 Å². The number of para-hydroxylation sites is 1. The van der Waals surface area contributed by atoms with Gasteiger partial charge in [-0.25, -0.2) is 9.37 Å². The first-order chi connectivity index (χ1) is 14.6. The highest BCUT2D eigenvalue weighted by molar-refractivity contribution is 7.99. The fourth-order valence-corrected chi connectivity index (χ4v) is 5.09. The monoisotopic (exact) mass is 445 g/mol. The first-order valence-electron chi connectivity index (χ1n) is 10.4. The van der Waals surface area contributed by atoms with Crippen LogP contribution < -0.4 is 4.90 Å². The first-order valence-corrected chi connectivity index (χ1v) is 12.2. The minimum atomic E-state index is -0.342. The van der Waals surface area contributed by atoms with Gasteiger partial charge in [-0.2, -0.15) is 0 Å². The van der Waals surface area contributed by atoms with E-state index in [1.54, 1.807) is 22.7 Å². The van der Waals surface area contributed by atoms with E-state index in [0.29, 0.717) is 23.6 Å². The van der Waals surface area contributed by atoms with Crippen molar-refractivity contribution in [2.75, 3.05) is 36.8 Å². The quantitative estimate of drug-likeness (QED) is 0.281. The van der Waals surface area contributed by atoms with E-state index in [9.17, 15) is 9.18 Å². The molecule has 4 nitrogen and oxygen atoms in total. The van der Waals surface area contributed by atoms with Crippen LogP contribution >= 0.6 is 23.1 Å². The van der Waals surface area contributed by atoms with Crippen molar-refractivity contribution in [3.05, 3.63) is 54.3 Å². The Hall–Kier alpha value is -1.96. The molecule has 0 aliphatic rings. The van der Waals surface area contributed by atoms with Crippen LogP contribution in [0.4, 0.5) is 9.52 Å². The molecule has 0 saturated carbocycles. The lowest BCUT2D eigenvalue weighted by molar-refractivity contribution is -0.118. The second-order valence-electron chi connectivity index (χ2n) is 6.92. The van der Waals surface area contributed by atoms with Crippen LogP contribution in [0.25, 0.3) is 10.2 Å². The lowest BCUT2D eigenvalue weighted by Gasteiger charge is -2.24. The number of amides is 1. The maximum Gasteiger partial charge on any atom is 0.228 e. The lowest BCUT2D eigenvalue weighted by Crippen LogP contribution is -2.38. The van der Waals surface area contributed by atoms with Crippen molar-refractivity contribution in [3.8, 4) is 0 Å². The number of hydrogen-bond donors (Lipinski definition) is 0. The zero-order chi connectivity index (χ0) is 21.3. The molecule has 1 aromatic heterocycles. The van der Waals surface area contributed by atoms with Gasteiger partial charge in [0.15, 0.2) is 5.13 Å². The predicted octanol–water partition coefficient (Wildman–Crippen LogP) is 5.68. The van der Waals surface area contributed by atoms with Crippen molar-refractivity contribution < 1.29 is 9.18 Å². The van der Waals surface area contributed by atoms with Crippen LogP contribution in [-0.4, -0.2) is 47.7 Å². The molecule has 1 amide bonds. The lowest BCUT2D eigenvalue weighted by atomic mass is 10.3. The molecule has 1 heterocycles. The van der Waals surface area contributed by atoms with Gasteiger partial charge in [0.25, 0.3) is 0 Å². The number of carbonyl (C=O) groups is 1. The molecule has 0 spiro atoms. The van der Waals surface area contributed by atoms with Crippen LogP contribution in [0, 0.1) is 5.82 Å². The maximum atomic E-state index is 14.1. The van der Waals surface area contributed by atoms with Crippen molar-refractivity contribution in [2.24, 2.45) is 0 Å². The molecule has 0 bridgehead atoms. The van der Waals surface area contributed by atoms with E-state index >= 15 is 0 Å². The summed E-state index contributed by atoms with van der Waals surface area (Å²) in [5.41, 5.74) is 0.345. The summed E-state index contributed by atoms with van der Waals surface area (Å²) in [4.78, 5) is 22.8. The molecule has 0 aliphatic heterocycles. The van der Waals surface area contributed by atoms with Crippen molar-refractivity contribution in [1.29, 1.82) is 0 Å². The van der Waals surface area contributed by atoms with Gasteiger partial charge in [0, 0.05) is 24.4 Å². The number of anilines is 1. The highest BCUT2D eigenvalue weighted by atomic mass is 32.2. The number of thiazole rings is 1. The molecule has 7 heteroatoms. The van der Waals surface area contributed by atoms with Gasteiger partial charge < -0.3 is 4.90 Å². The van der Waals surface area contributed by atoms with E-state index in [-0.39, 0.29) is 11.7 Å². The van der Waals surface area contributed by atoms with E-state index in [2.05, 4.69) is 35.9 Å². The summed E-state index contributed by atoms with van der Waals surface area (Å²) in [5, 5.41) is 0.586. The molecule has 0 atom stereocenters. The number of nitrogens with zero attached hydrogens (tertiary/aromatic N) is 3. The molecule has 3 aromatic rings. The molecule has 30 heavy (non-hydrogen) atoms. The normalized spacial score (nSPS) is 11.3. The van der Waals surface area contributed by atoms with Crippen LogP contribution in [0.1, 0.15) is 26.7 Å². The largest absolute Gasteiger partial charge is 0.302 e. The number of likely N-dealkylation sites (N-methyl/N-ethyl adjacent to an activating group) is 1. The molecular weight excluding hydrogens is 417 g/mol. The van der Waals surface area contributed by atoms with E-state index in [0.717, 1.165) is 36.5 Å². The summed E-state index contributed by atoms with van der Waals surface area (Å²) in [6.07, 6.45) is 1.25. The average Bonchev–Trinajstić information content (AvgIpc) is 3.20. The van der Waals surface area contributed by atoms with E-state index < -0.39 is 0 Å². The van der Waals surface area contributed by atoms with Gasteiger partial charge >= 0.3 is 0 Å². The molecular formula is C23H28FN3OS2. The average molecular weight is 446 g/mol. The third kappa shape index (κ3) is 6.03. The van der Waals surface area contributed by atoms with Crippen molar-refractivity contribution >= 4 is 44.4 Å². The molecule has 160 valence electrons. The highest BCUT2D eigenvalue weighted by Crippen LogP contribution is 2.31. The number of hydrogen-bond acceptors (Lipinski definition) is 5. The molecule has 0 saturated heterocycles. The Morgan fingerprint density at radius 3 is 2.53 bits per heavy atom. The summed E-state index contributed by atoms with van der Waals surface area (Å²) in [5.74, 6) is 0.592. The Morgan fingerprint density at radius 1 is 1.07 bits per heavy atom. The molecule has 0 aliphatic carbocycles. The molecule has 0 radical (unpaired) electrons. The van der Waals surface area contributed by atoms with Gasteiger partial charge in [-0.1, -0.05) is 49.4 Å². The Labute approximate surface area is 186 Å². The zero-order valence-corrected chi connectivity index (χ0v) is 19.1. The van der Waals surface area contributed by atoms with Crippen LogP contribution in [0.15, 0.2) is 53.4 Å². The number of halogens is 1. The van der Waals surface area contributed by atoms with Crippen LogP contribution in [-0.2, 0) is 4.79 Å². The molecule has 0 N–H and O–H groups in total. The zero-order valence-electron chi connectivity index (χ0n) is 17.5. The van der Waals surface area contributed by atoms with Gasteiger partial charge in [0.2, 0.25) is 5.91 Å². The number of fused-ring (bicyclic) bond motifs is 1. The Morgan fingerprint density at radius 2 is 1.83 bits per heavy atom. The number of aromatic nitrogens is 1. The second kappa shape index (κ2) is 11.4. The fourth-order valence-electron chi connectivity index (χ4n) is 3.19. The second-order valence-corrected chi connectivity index (χ2v) is 9.10.